The van der Waals surface area contributed by atoms with Crippen LogP contribution in [0.15, 0.2) is 41.0 Å². The average Bonchev–Trinajstić information content (AvgIpc) is 2.34. The van der Waals surface area contributed by atoms with Crippen molar-refractivity contribution >= 4 is 15.9 Å². The highest BCUT2D eigenvalue weighted by atomic mass is 79.9. The van der Waals surface area contributed by atoms with Crippen LogP contribution in [0.3, 0.4) is 0 Å². The highest BCUT2D eigenvalue weighted by molar-refractivity contribution is 9.10. The molecule has 19 heavy (non-hydrogen) atoms. The van der Waals surface area contributed by atoms with Crippen LogP contribution in [0.25, 0.3) is 0 Å². The van der Waals surface area contributed by atoms with Gasteiger partial charge in [0.2, 0.25) is 5.88 Å². The molecule has 0 bridgehead atoms. The van der Waals surface area contributed by atoms with Crippen LogP contribution in [0.1, 0.15) is 18.1 Å². The van der Waals surface area contributed by atoms with Crippen LogP contribution < -0.4 is 10.5 Å². The lowest BCUT2D eigenvalue weighted by Crippen LogP contribution is -2.17. The van der Waals surface area contributed by atoms with E-state index in [9.17, 15) is 0 Å². The quantitative estimate of drug-likeness (QED) is 0.931. The van der Waals surface area contributed by atoms with Gasteiger partial charge >= 0.3 is 0 Å². The zero-order chi connectivity index (χ0) is 13.8. The van der Waals surface area contributed by atoms with E-state index in [1.807, 2.05) is 44.3 Å². The first kappa shape index (κ1) is 14.0. The number of aryl methyl sites for hydroxylation is 1. The summed E-state index contributed by atoms with van der Waals surface area (Å²) in [5.74, 6) is 1.41. The minimum Gasteiger partial charge on any atom is -0.439 e. The lowest BCUT2D eigenvalue weighted by Gasteiger charge is -2.10. The van der Waals surface area contributed by atoms with Crippen LogP contribution in [0, 0.1) is 6.92 Å². The number of pyridine rings is 1. The Morgan fingerprint density at radius 3 is 2.58 bits per heavy atom. The van der Waals surface area contributed by atoms with E-state index in [2.05, 4.69) is 27.0 Å². The van der Waals surface area contributed by atoms with Crippen molar-refractivity contribution in [2.24, 2.45) is 5.73 Å². The zero-order valence-electron chi connectivity index (χ0n) is 11.1. The van der Waals surface area contributed by atoms with E-state index in [-0.39, 0.29) is 6.04 Å². The fourth-order valence-corrected chi connectivity index (χ4v) is 2.09. The molecule has 1 aromatic carbocycles. The van der Waals surface area contributed by atoms with E-state index < -0.39 is 0 Å². The van der Waals surface area contributed by atoms with Crippen LogP contribution in [0.2, 0.25) is 0 Å². The standard InChI is InChI=1S/C15H17BrN2O/c1-10-7-12(8-11(2)17)9-18-15(10)19-14-5-3-13(16)4-6-14/h3-7,9,11H,8,17H2,1-2H3. The molecule has 0 amide bonds. The molecule has 0 saturated heterocycles. The molecule has 2 rings (SSSR count). The number of rotatable bonds is 4. The van der Waals surface area contributed by atoms with Gasteiger partial charge in [0.15, 0.2) is 0 Å². The van der Waals surface area contributed by atoms with Gasteiger partial charge in [0.1, 0.15) is 5.75 Å². The fraction of sp³-hybridized carbons (Fsp3) is 0.267. The Labute approximate surface area is 121 Å². The summed E-state index contributed by atoms with van der Waals surface area (Å²) in [5.41, 5.74) is 7.94. The largest absolute Gasteiger partial charge is 0.439 e. The molecule has 0 radical (unpaired) electrons. The van der Waals surface area contributed by atoms with E-state index in [0.717, 1.165) is 27.8 Å². The van der Waals surface area contributed by atoms with Crippen molar-refractivity contribution in [3.05, 3.63) is 52.1 Å². The molecule has 0 spiro atoms. The summed E-state index contributed by atoms with van der Waals surface area (Å²) in [4.78, 5) is 4.36. The first-order chi connectivity index (χ1) is 9.04. The highest BCUT2D eigenvalue weighted by Gasteiger charge is 2.06. The number of nitrogens with two attached hydrogens (primary N) is 1. The van der Waals surface area contributed by atoms with Gasteiger partial charge in [-0.15, -0.1) is 0 Å². The Balaban J connectivity index is 2.15. The molecule has 1 heterocycles. The van der Waals surface area contributed by atoms with Crippen LogP contribution in [-0.4, -0.2) is 11.0 Å². The van der Waals surface area contributed by atoms with Gasteiger partial charge in [-0.1, -0.05) is 15.9 Å². The number of benzene rings is 1. The molecule has 0 saturated carbocycles. The number of halogens is 1. The molecule has 2 aromatic rings. The van der Waals surface area contributed by atoms with Gasteiger partial charge < -0.3 is 10.5 Å². The number of hydrogen-bond acceptors (Lipinski definition) is 3. The third-order valence-electron chi connectivity index (χ3n) is 2.67. The summed E-state index contributed by atoms with van der Waals surface area (Å²) < 4.78 is 6.79. The molecule has 4 heteroatoms. The Morgan fingerprint density at radius 2 is 2.00 bits per heavy atom. The monoisotopic (exact) mass is 320 g/mol. The van der Waals surface area contributed by atoms with Gasteiger partial charge in [0.05, 0.1) is 0 Å². The molecule has 3 nitrogen and oxygen atoms in total. The van der Waals surface area contributed by atoms with Crippen LogP contribution >= 0.6 is 15.9 Å². The normalized spacial score (nSPS) is 12.2. The maximum atomic E-state index is 5.79. The number of hydrogen-bond donors (Lipinski definition) is 1. The van der Waals surface area contributed by atoms with E-state index in [1.165, 1.54) is 0 Å². The van der Waals surface area contributed by atoms with Crippen molar-refractivity contribution in [3.63, 3.8) is 0 Å². The number of aromatic nitrogens is 1. The van der Waals surface area contributed by atoms with E-state index in [0.29, 0.717) is 5.88 Å². The van der Waals surface area contributed by atoms with Crippen molar-refractivity contribution in [2.45, 2.75) is 26.3 Å². The Morgan fingerprint density at radius 1 is 1.32 bits per heavy atom. The predicted octanol–water partition coefficient (Wildman–Crippen LogP) is 3.83. The summed E-state index contributed by atoms with van der Waals surface area (Å²) >= 11 is 3.39. The summed E-state index contributed by atoms with van der Waals surface area (Å²) in [6.45, 7) is 3.98. The molecule has 100 valence electrons. The summed E-state index contributed by atoms with van der Waals surface area (Å²) in [7, 11) is 0. The molecule has 1 aromatic heterocycles. The Kier molecular flexibility index (Phi) is 4.56. The minimum absolute atomic E-state index is 0.138. The maximum absolute atomic E-state index is 5.79. The third-order valence-corrected chi connectivity index (χ3v) is 3.20. The van der Waals surface area contributed by atoms with Crippen molar-refractivity contribution < 1.29 is 4.74 Å². The van der Waals surface area contributed by atoms with Crippen molar-refractivity contribution in [3.8, 4) is 11.6 Å². The van der Waals surface area contributed by atoms with Gasteiger partial charge in [0, 0.05) is 22.3 Å². The zero-order valence-corrected chi connectivity index (χ0v) is 12.6. The van der Waals surface area contributed by atoms with Crippen LogP contribution in [0.5, 0.6) is 11.6 Å². The van der Waals surface area contributed by atoms with Gasteiger partial charge in [-0.2, -0.15) is 0 Å². The average molecular weight is 321 g/mol. The SMILES string of the molecule is Cc1cc(CC(C)N)cnc1Oc1ccc(Br)cc1. The third kappa shape index (κ3) is 4.04. The Hall–Kier alpha value is -1.39. The van der Waals surface area contributed by atoms with E-state index >= 15 is 0 Å². The summed E-state index contributed by atoms with van der Waals surface area (Å²) in [5, 5.41) is 0. The van der Waals surface area contributed by atoms with Crippen molar-refractivity contribution in [2.75, 3.05) is 0 Å². The van der Waals surface area contributed by atoms with Crippen LogP contribution in [0.4, 0.5) is 0 Å². The van der Waals surface area contributed by atoms with Gasteiger partial charge in [0.25, 0.3) is 0 Å². The summed E-state index contributed by atoms with van der Waals surface area (Å²) in [6.07, 6.45) is 2.65. The smallest absolute Gasteiger partial charge is 0.222 e. The van der Waals surface area contributed by atoms with Gasteiger partial charge in [-0.05, 0) is 56.2 Å². The van der Waals surface area contributed by atoms with E-state index in [1.54, 1.807) is 0 Å². The predicted molar refractivity (Wildman–Crippen MR) is 80.5 cm³/mol. The summed E-state index contributed by atoms with van der Waals surface area (Å²) in [6, 6.07) is 9.90. The lowest BCUT2D eigenvalue weighted by molar-refractivity contribution is 0.458. The molecule has 2 N–H and O–H groups in total. The first-order valence-corrected chi connectivity index (χ1v) is 6.98. The van der Waals surface area contributed by atoms with E-state index in [4.69, 9.17) is 10.5 Å². The number of nitrogens with zero attached hydrogens (tertiary/aromatic N) is 1. The molecular weight excluding hydrogens is 304 g/mol. The highest BCUT2D eigenvalue weighted by Crippen LogP contribution is 2.24. The molecular formula is C15H17BrN2O. The topological polar surface area (TPSA) is 48.1 Å². The van der Waals surface area contributed by atoms with Crippen molar-refractivity contribution in [1.29, 1.82) is 0 Å². The molecule has 1 atom stereocenters. The second-order valence-corrected chi connectivity index (χ2v) is 5.62. The maximum Gasteiger partial charge on any atom is 0.222 e. The van der Waals surface area contributed by atoms with Crippen molar-refractivity contribution in [1.82, 2.24) is 4.98 Å². The fourth-order valence-electron chi connectivity index (χ4n) is 1.82. The first-order valence-electron chi connectivity index (χ1n) is 6.19. The number of ether oxygens (including phenoxy) is 1. The molecule has 1 unspecified atom stereocenters. The van der Waals surface area contributed by atoms with Gasteiger partial charge in [-0.25, -0.2) is 4.98 Å². The second-order valence-electron chi connectivity index (χ2n) is 4.70. The van der Waals surface area contributed by atoms with Gasteiger partial charge in [-0.3, -0.25) is 0 Å². The van der Waals surface area contributed by atoms with Crippen LogP contribution in [-0.2, 0) is 6.42 Å². The molecule has 0 aliphatic heterocycles. The molecule has 0 fully saturated rings. The Bertz CT molecular complexity index is 553. The minimum atomic E-state index is 0.138. The molecule has 0 aliphatic carbocycles. The second kappa shape index (κ2) is 6.17. The molecule has 0 aliphatic rings. The lowest BCUT2D eigenvalue weighted by atomic mass is 10.1.